The third-order valence-corrected chi connectivity index (χ3v) is 11.4. The number of likely N-dealkylation sites (tertiary alicyclic amines) is 1. The molecule has 2 fully saturated rings. The van der Waals surface area contributed by atoms with E-state index in [0.29, 0.717) is 18.9 Å². The fraction of sp³-hybridized carbons (Fsp3) is 0.517. The number of hydrogen-bond acceptors (Lipinski definition) is 6. The second-order valence-electron chi connectivity index (χ2n) is 11.3. The number of carbonyl (C=O) groups excluding carboxylic acids is 1. The summed E-state index contributed by atoms with van der Waals surface area (Å²) in [5.74, 6) is -1.38. The van der Waals surface area contributed by atoms with E-state index in [1.54, 1.807) is 6.92 Å². The summed E-state index contributed by atoms with van der Waals surface area (Å²) in [5.41, 5.74) is -8.88. The number of carboxylic acid groups (broad SMARTS) is 1. The second kappa shape index (κ2) is 11.8. The van der Waals surface area contributed by atoms with Crippen LogP contribution < -0.4 is 4.74 Å². The van der Waals surface area contributed by atoms with E-state index in [4.69, 9.17) is 14.6 Å². The highest BCUT2D eigenvalue weighted by molar-refractivity contribution is 7.92. The highest BCUT2D eigenvalue weighted by Gasteiger charge is 2.74. The molecule has 2 aromatic carbocycles. The summed E-state index contributed by atoms with van der Waals surface area (Å²) in [6.07, 6.45) is -10.8. The van der Waals surface area contributed by atoms with Crippen LogP contribution in [0.25, 0.3) is 0 Å². The molecule has 2 unspecified atom stereocenters. The van der Waals surface area contributed by atoms with Crippen LogP contribution in [0.5, 0.6) is 5.75 Å². The van der Waals surface area contributed by atoms with Crippen LogP contribution in [-0.2, 0) is 29.8 Å². The zero-order chi connectivity index (χ0) is 33.6. The number of aliphatic hydroxyl groups is 1. The topological polar surface area (TPSA) is 121 Å². The number of sulfone groups is 1. The lowest BCUT2D eigenvalue weighted by molar-refractivity contribution is -0.348. The van der Waals surface area contributed by atoms with E-state index in [0.717, 1.165) is 12.0 Å². The third-order valence-electron chi connectivity index (χ3n) is 8.80. The quantitative estimate of drug-likeness (QED) is 0.333. The van der Waals surface area contributed by atoms with Crippen molar-refractivity contribution >= 4 is 22.2 Å². The fourth-order valence-corrected chi connectivity index (χ4v) is 8.80. The number of benzene rings is 2. The fourth-order valence-electron chi connectivity index (χ4n) is 6.51. The predicted molar refractivity (Wildman–Crippen MR) is 144 cm³/mol. The lowest BCUT2D eigenvalue weighted by Crippen LogP contribution is -2.59. The van der Waals surface area contributed by atoms with Crippen LogP contribution in [0.1, 0.15) is 55.2 Å². The largest absolute Gasteiger partial charge is 0.491 e. The molecule has 16 heteroatoms. The average Bonchev–Trinajstić information content (AvgIpc) is 3.37. The molecule has 2 aliphatic heterocycles. The summed E-state index contributed by atoms with van der Waals surface area (Å²) in [5, 5.41) is 18.1. The van der Waals surface area contributed by atoms with Gasteiger partial charge >= 0.3 is 18.0 Å². The minimum absolute atomic E-state index is 0.154. The van der Waals surface area contributed by atoms with E-state index in [-0.39, 0.29) is 54.9 Å². The van der Waals surface area contributed by atoms with Crippen molar-refractivity contribution in [1.82, 2.24) is 4.90 Å². The molecule has 1 amide bonds. The molecule has 0 bridgehead atoms. The normalized spacial score (nSPS) is 23.1. The van der Waals surface area contributed by atoms with Gasteiger partial charge in [-0.15, -0.1) is 0 Å². The highest BCUT2D eigenvalue weighted by atomic mass is 32.2. The van der Waals surface area contributed by atoms with E-state index < -0.39 is 68.1 Å². The first-order valence-corrected chi connectivity index (χ1v) is 15.3. The molecule has 3 aliphatic rings. The number of hydrogen-bond donors (Lipinski definition) is 2. The van der Waals surface area contributed by atoms with Crippen LogP contribution in [0.3, 0.4) is 0 Å². The molecule has 1 saturated heterocycles. The molecule has 5 rings (SSSR count). The van der Waals surface area contributed by atoms with Gasteiger partial charge in [-0.05, 0) is 44.4 Å². The second-order valence-corrected chi connectivity index (χ2v) is 13.6. The smallest absolute Gasteiger partial charge is 0.435 e. The molecule has 0 spiro atoms. The lowest BCUT2D eigenvalue weighted by atomic mass is 9.82. The van der Waals surface area contributed by atoms with Gasteiger partial charge < -0.3 is 19.8 Å². The van der Waals surface area contributed by atoms with Gasteiger partial charge in [-0.2, -0.15) is 26.3 Å². The van der Waals surface area contributed by atoms with Gasteiger partial charge in [-0.3, -0.25) is 9.59 Å². The van der Waals surface area contributed by atoms with E-state index in [1.807, 2.05) is 0 Å². The van der Waals surface area contributed by atoms with Crippen LogP contribution in [0.4, 0.5) is 30.7 Å². The Balaban J connectivity index is 0.00000148. The Labute approximate surface area is 253 Å². The molecular weight excluding hydrogens is 639 g/mol. The third kappa shape index (κ3) is 5.42. The van der Waals surface area contributed by atoms with Gasteiger partial charge in [0.05, 0.1) is 10.9 Å². The standard InChI is InChI=1S/C28H28F7NO5S.CH2O2/c1-17-5-8-19(9-6-17)42(39,40)25-13-14-36(23(37)24(38)11-3-2-4-12-24)22(25)16-41-21-15-18(7-10-20(21)25)26(29,27(30,31)32)28(33,34)35;2-1-3/h5-10,15,22,38H,2-4,11-14,16H2,1H3;1H,(H,2,3). The van der Waals surface area contributed by atoms with Crippen molar-refractivity contribution in [2.45, 2.75) is 84.8 Å². The minimum Gasteiger partial charge on any atom is -0.491 e. The number of nitrogens with zero attached hydrogens (tertiary/aromatic N) is 1. The lowest BCUT2D eigenvalue weighted by Gasteiger charge is -2.44. The average molecular weight is 670 g/mol. The number of amides is 1. The van der Waals surface area contributed by atoms with Gasteiger partial charge in [-0.25, -0.2) is 12.8 Å². The summed E-state index contributed by atoms with van der Waals surface area (Å²) in [4.78, 5) is 23.0. The van der Waals surface area contributed by atoms with Gasteiger partial charge in [-0.1, -0.05) is 49.1 Å². The number of aryl methyl sites for hydroxylation is 1. The number of carbonyl (C=O) groups is 2. The Morgan fingerprint density at radius 2 is 1.51 bits per heavy atom. The van der Waals surface area contributed by atoms with Crippen molar-refractivity contribution in [3.8, 4) is 5.75 Å². The van der Waals surface area contributed by atoms with E-state index in [1.165, 1.54) is 29.2 Å². The monoisotopic (exact) mass is 669 g/mol. The van der Waals surface area contributed by atoms with E-state index >= 15 is 0 Å². The Morgan fingerprint density at radius 1 is 0.956 bits per heavy atom. The van der Waals surface area contributed by atoms with Crippen molar-refractivity contribution in [2.75, 3.05) is 13.2 Å². The summed E-state index contributed by atoms with van der Waals surface area (Å²) in [6.45, 7) is 0.661. The molecule has 248 valence electrons. The van der Waals surface area contributed by atoms with Gasteiger partial charge in [0.1, 0.15) is 22.7 Å². The molecular formula is C29H30F7NO7S. The van der Waals surface area contributed by atoms with Gasteiger partial charge in [0, 0.05) is 17.7 Å². The number of fused-ring (bicyclic) bond motifs is 3. The summed E-state index contributed by atoms with van der Waals surface area (Å²) < 4.78 is 128. The maximum Gasteiger partial charge on any atom is 0.435 e. The number of alkyl halides is 7. The zero-order valence-electron chi connectivity index (χ0n) is 23.8. The molecule has 2 N–H and O–H groups in total. The summed E-state index contributed by atoms with van der Waals surface area (Å²) >= 11 is 0. The minimum atomic E-state index is -6.38. The predicted octanol–water partition coefficient (Wildman–Crippen LogP) is 5.34. The first-order valence-electron chi connectivity index (χ1n) is 13.8. The van der Waals surface area contributed by atoms with Gasteiger partial charge in [0.25, 0.3) is 12.4 Å². The molecule has 8 nitrogen and oxygen atoms in total. The van der Waals surface area contributed by atoms with Crippen molar-refractivity contribution in [3.63, 3.8) is 0 Å². The Hall–Kier alpha value is -3.40. The molecule has 45 heavy (non-hydrogen) atoms. The van der Waals surface area contributed by atoms with Gasteiger partial charge in [0.2, 0.25) is 0 Å². The number of halogens is 7. The first kappa shape index (κ1) is 34.5. The van der Waals surface area contributed by atoms with Crippen LogP contribution in [0.15, 0.2) is 47.4 Å². The number of ether oxygens (including phenoxy) is 1. The zero-order valence-corrected chi connectivity index (χ0v) is 24.6. The molecule has 2 aromatic rings. The van der Waals surface area contributed by atoms with Crippen molar-refractivity contribution in [1.29, 1.82) is 0 Å². The molecule has 0 radical (unpaired) electrons. The van der Waals surface area contributed by atoms with Crippen LogP contribution in [0.2, 0.25) is 0 Å². The Kier molecular flexibility index (Phi) is 9.00. The molecule has 0 aromatic heterocycles. The van der Waals surface area contributed by atoms with E-state index in [9.17, 15) is 49.1 Å². The first-order chi connectivity index (χ1) is 20.8. The van der Waals surface area contributed by atoms with Crippen LogP contribution in [-0.4, -0.2) is 73.1 Å². The van der Waals surface area contributed by atoms with Crippen molar-refractivity contribution in [2.24, 2.45) is 0 Å². The maximum atomic E-state index is 14.9. The maximum absolute atomic E-state index is 14.9. The molecule has 1 saturated carbocycles. The van der Waals surface area contributed by atoms with E-state index in [2.05, 4.69) is 0 Å². The van der Waals surface area contributed by atoms with Crippen LogP contribution in [0, 0.1) is 6.92 Å². The summed E-state index contributed by atoms with van der Waals surface area (Å²) in [7, 11) is -4.51. The van der Waals surface area contributed by atoms with Crippen molar-refractivity contribution in [3.05, 3.63) is 59.2 Å². The molecule has 2 atom stereocenters. The Morgan fingerprint density at radius 3 is 2.04 bits per heavy atom. The Bertz CT molecular complexity index is 1520. The molecule has 2 heterocycles. The SMILES string of the molecule is Cc1ccc(S(=O)(=O)C23CCN(C(=O)C4(O)CCCCC4)C2COc2cc(C(F)(C(F)(F)F)C(F)(F)F)ccc23)cc1.O=CO. The van der Waals surface area contributed by atoms with Crippen LogP contribution >= 0.6 is 0 Å². The number of rotatable bonds is 4. The van der Waals surface area contributed by atoms with Crippen molar-refractivity contribution < 1.29 is 63.7 Å². The summed E-state index contributed by atoms with van der Waals surface area (Å²) in [6, 6.07) is 5.61. The molecule has 1 aliphatic carbocycles. The highest BCUT2D eigenvalue weighted by Crippen LogP contribution is 2.57. The van der Waals surface area contributed by atoms with Gasteiger partial charge in [0.15, 0.2) is 9.84 Å².